The van der Waals surface area contributed by atoms with Gasteiger partial charge in [-0.05, 0) is 30.7 Å². The van der Waals surface area contributed by atoms with Gasteiger partial charge in [-0.2, -0.15) is 0 Å². The molecule has 0 bridgehead atoms. The summed E-state index contributed by atoms with van der Waals surface area (Å²) in [5.41, 5.74) is 1.36. The Bertz CT molecular complexity index is 384. The van der Waals surface area contributed by atoms with Crippen LogP contribution in [-0.2, 0) is 11.2 Å². The molecule has 0 aromatic heterocycles. The summed E-state index contributed by atoms with van der Waals surface area (Å²) in [4.78, 5) is 10.5. The van der Waals surface area contributed by atoms with Gasteiger partial charge >= 0.3 is 5.97 Å². The predicted molar refractivity (Wildman–Crippen MR) is 66.3 cm³/mol. The van der Waals surface area contributed by atoms with E-state index in [-0.39, 0.29) is 5.57 Å². The lowest BCUT2D eigenvalue weighted by atomic mass is 10.1. The quantitative estimate of drug-likeness (QED) is 0.555. The Morgan fingerprint density at radius 2 is 2.06 bits per heavy atom. The van der Waals surface area contributed by atoms with Gasteiger partial charge in [0.15, 0.2) is 0 Å². The molecule has 1 aromatic rings. The third kappa shape index (κ3) is 4.70. The molecule has 0 aliphatic carbocycles. The largest absolute Gasteiger partial charge is 0.497 e. The molecule has 0 heterocycles. The summed E-state index contributed by atoms with van der Waals surface area (Å²) in [5, 5.41) is 11.6. The van der Waals surface area contributed by atoms with Gasteiger partial charge in [-0.3, -0.25) is 0 Å². The molecular weight excluding hydrogens is 218 g/mol. The highest BCUT2D eigenvalue weighted by atomic mass is 16.5. The number of hydrogen-bond donors (Lipinski definition) is 2. The highest BCUT2D eigenvalue weighted by Gasteiger charge is 2.02. The Balaban J connectivity index is 2.26. The van der Waals surface area contributed by atoms with Crippen molar-refractivity contribution in [3.63, 3.8) is 0 Å². The van der Waals surface area contributed by atoms with Crippen LogP contribution in [0.15, 0.2) is 36.4 Å². The van der Waals surface area contributed by atoms with Crippen LogP contribution in [0.4, 0.5) is 0 Å². The number of carbonyl (C=O) groups is 1. The molecule has 0 atom stereocenters. The summed E-state index contributed by atoms with van der Waals surface area (Å²) < 4.78 is 5.06. The smallest absolute Gasteiger partial charge is 0.332 e. The molecule has 2 N–H and O–H groups in total. The first-order valence-corrected chi connectivity index (χ1v) is 5.38. The van der Waals surface area contributed by atoms with Crippen LogP contribution in [-0.4, -0.2) is 31.3 Å². The number of hydrogen-bond acceptors (Lipinski definition) is 3. The van der Waals surface area contributed by atoms with Crippen molar-refractivity contribution in [3.05, 3.63) is 42.0 Å². The molecule has 0 aliphatic rings. The summed E-state index contributed by atoms with van der Waals surface area (Å²) in [7, 11) is 1.63. The standard InChI is InChI=1S/C13H17NO3/c1-10(13(15)16)9-14-8-7-11-3-5-12(17-2)6-4-11/h3-6,14H,1,7-9H2,2H3,(H,15,16). The van der Waals surface area contributed by atoms with Crippen molar-refractivity contribution >= 4 is 5.97 Å². The molecular formula is C13H17NO3. The van der Waals surface area contributed by atoms with Gasteiger partial charge in [0.2, 0.25) is 0 Å². The molecule has 1 rings (SSSR count). The van der Waals surface area contributed by atoms with Crippen molar-refractivity contribution in [2.75, 3.05) is 20.2 Å². The van der Waals surface area contributed by atoms with Crippen LogP contribution in [0.2, 0.25) is 0 Å². The van der Waals surface area contributed by atoms with Gasteiger partial charge in [0.1, 0.15) is 5.75 Å². The lowest BCUT2D eigenvalue weighted by molar-refractivity contribution is -0.132. The van der Waals surface area contributed by atoms with E-state index in [0.717, 1.165) is 18.7 Å². The summed E-state index contributed by atoms with van der Waals surface area (Å²) in [5.74, 6) is -0.122. The van der Waals surface area contributed by atoms with Crippen LogP contribution in [0.5, 0.6) is 5.75 Å². The third-order valence-electron chi connectivity index (χ3n) is 2.39. The Labute approximate surface area is 101 Å². The Kier molecular flexibility index (Phi) is 5.23. The fraction of sp³-hybridized carbons (Fsp3) is 0.308. The Hall–Kier alpha value is -1.81. The maximum Gasteiger partial charge on any atom is 0.332 e. The summed E-state index contributed by atoms with van der Waals surface area (Å²) in [6.45, 7) is 4.47. The number of aliphatic carboxylic acids is 1. The Morgan fingerprint density at radius 1 is 1.41 bits per heavy atom. The maximum absolute atomic E-state index is 10.5. The van der Waals surface area contributed by atoms with Crippen LogP contribution in [0, 0.1) is 0 Å². The average molecular weight is 235 g/mol. The van der Waals surface area contributed by atoms with Crippen LogP contribution in [0.25, 0.3) is 0 Å². The lowest BCUT2D eigenvalue weighted by Gasteiger charge is -2.05. The molecule has 0 aliphatic heterocycles. The normalized spacial score (nSPS) is 9.94. The zero-order valence-electron chi connectivity index (χ0n) is 9.90. The van der Waals surface area contributed by atoms with Crippen LogP contribution in [0.3, 0.4) is 0 Å². The second-order valence-electron chi connectivity index (χ2n) is 3.68. The molecule has 0 amide bonds. The minimum atomic E-state index is -0.957. The highest BCUT2D eigenvalue weighted by Crippen LogP contribution is 2.11. The first-order chi connectivity index (χ1) is 8.13. The van der Waals surface area contributed by atoms with Gasteiger partial charge in [-0.15, -0.1) is 0 Å². The summed E-state index contributed by atoms with van der Waals surface area (Å²) >= 11 is 0. The second-order valence-corrected chi connectivity index (χ2v) is 3.68. The number of rotatable bonds is 7. The van der Waals surface area contributed by atoms with Gasteiger partial charge in [-0.25, -0.2) is 4.79 Å². The van der Waals surface area contributed by atoms with E-state index in [2.05, 4.69) is 11.9 Å². The molecule has 4 heteroatoms. The summed E-state index contributed by atoms with van der Waals surface area (Å²) in [6, 6.07) is 7.80. The zero-order chi connectivity index (χ0) is 12.7. The first-order valence-electron chi connectivity index (χ1n) is 5.38. The predicted octanol–water partition coefficient (Wildman–Crippen LogP) is 1.47. The molecule has 4 nitrogen and oxygen atoms in total. The van der Waals surface area contributed by atoms with Gasteiger partial charge in [0, 0.05) is 12.1 Å². The zero-order valence-corrected chi connectivity index (χ0v) is 9.90. The monoisotopic (exact) mass is 235 g/mol. The lowest BCUT2D eigenvalue weighted by Crippen LogP contribution is -2.22. The third-order valence-corrected chi connectivity index (χ3v) is 2.39. The van der Waals surface area contributed by atoms with Crippen molar-refractivity contribution in [1.29, 1.82) is 0 Å². The Morgan fingerprint density at radius 3 is 2.59 bits per heavy atom. The summed E-state index contributed by atoms with van der Waals surface area (Å²) in [6.07, 6.45) is 0.844. The molecule has 0 fully saturated rings. The van der Waals surface area contributed by atoms with Crippen LogP contribution < -0.4 is 10.1 Å². The van der Waals surface area contributed by atoms with Gasteiger partial charge in [0.25, 0.3) is 0 Å². The average Bonchev–Trinajstić information content (AvgIpc) is 2.35. The molecule has 92 valence electrons. The number of carboxylic acids is 1. The fourth-order valence-electron chi connectivity index (χ4n) is 1.34. The van der Waals surface area contributed by atoms with Gasteiger partial charge < -0.3 is 15.2 Å². The fourth-order valence-corrected chi connectivity index (χ4v) is 1.34. The molecule has 0 saturated heterocycles. The van der Waals surface area contributed by atoms with Gasteiger partial charge in [-0.1, -0.05) is 18.7 Å². The van der Waals surface area contributed by atoms with E-state index in [1.807, 2.05) is 24.3 Å². The van der Waals surface area contributed by atoms with E-state index >= 15 is 0 Å². The molecule has 0 saturated carbocycles. The molecule has 1 aromatic carbocycles. The minimum absolute atomic E-state index is 0.180. The first kappa shape index (κ1) is 13.3. The van der Waals surface area contributed by atoms with Gasteiger partial charge in [0.05, 0.1) is 7.11 Å². The number of ether oxygens (including phenoxy) is 1. The highest BCUT2D eigenvalue weighted by molar-refractivity contribution is 5.86. The van der Waals surface area contributed by atoms with E-state index < -0.39 is 5.97 Å². The minimum Gasteiger partial charge on any atom is -0.497 e. The van der Waals surface area contributed by atoms with E-state index in [1.165, 1.54) is 5.56 Å². The van der Waals surface area contributed by atoms with E-state index in [4.69, 9.17) is 9.84 Å². The van der Waals surface area contributed by atoms with Crippen molar-refractivity contribution in [3.8, 4) is 5.75 Å². The molecule has 17 heavy (non-hydrogen) atoms. The number of benzene rings is 1. The molecule has 0 radical (unpaired) electrons. The van der Waals surface area contributed by atoms with Crippen molar-refractivity contribution in [2.24, 2.45) is 0 Å². The van der Waals surface area contributed by atoms with Crippen molar-refractivity contribution in [2.45, 2.75) is 6.42 Å². The van der Waals surface area contributed by atoms with Crippen LogP contribution >= 0.6 is 0 Å². The van der Waals surface area contributed by atoms with E-state index in [9.17, 15) is 4.79 Å². The molecule has 0 unspecified atom stereocenters. The van der Waals surface area contributed by atoms with E-state index in [0.29, 0.717) is 6.54 Å². The number of carboxylic acid groups (broad SMARTS) is 1. The number of nitrogens with one attached hydrogen (secondary N) is 1. The second kappa shape index (κ2) is 6.70. The van der Waals surface area contributed by atoms with Crippen molar-refractivity contribution in [1.82, 2.24) is 5.32 Å². The molecule has 0 spiro atoms. The SMILES string of the molecule is C=C(CNCCc1ccc(OC)cc1)C(=O)O. The van der Waals surface area contributed by atoms with Crippen LogP contribution in [0.1, 0.15) is 5.56 Å². The van der Waals surface area contributed by atoms with Crippen molar-refractivity contribution < 1.29 is 14.6 Å². The topological polar surface area (TPSA) is 58.6 Å². The van der Waals surface area contributed by atoms with E-state index in [1.54, 1.807) is 7.11 Å². The number of methoxy groups -OCH3 is 1. The maximum atomic E-state index is 10.5.